The molecule has 7 nitrogen and oxygen atoms in total. The van der Waals surface area contributed by atoms with Gasteiger partial charge in [0.25, 0.3) is 0 Å². The second-order valence-electron chi connectivity index (χ2n) is 8.27. The van der Waals surface area contributed by atoms with Crippen LogP contribution in [-0.4, -0.2) is 54.7 Å². The Hall–Kier alpha value is -3.19. The summed E-state index contributed by atoms with van der Waals surface area (Å²) in [7, 11) is 7.30. The number of piperidine rings is 1. The molecule has 168 valence electrons. The lowest BCUT2D eigenvalue weighted by molar-refractivity contribution is 0.137. The van der Waals surface area contributed by atoms with E-state index in [9.17, 15) is 0 Å². The third kappa shape index (κ3) is 4.67. The van der Waals surface area contributed by atoms with Gasteiger partial charge in [0.05, 0.1) is 26.0 Å². The van der Waals surface area contributed by atoms with Crippen molar-refractivity contribution in [1.82, 2.24) is 19.9 Å². The van der Waals surface area contributed by atoms with Crippen LogP contribution in [0.4, 0.5) is 5.95 Å². The lowest BCUT2D eigenvalue weighted by atomic mass is 9.93. The van der Waals surface area contributed by atoms with E-state index in [2.05, 4.69) is 27.0 Å². The quantitative estimate of drug-likeness (QED) is 0.549. The van der Waals surface area contributed by atoms with Gasteiger partial charge in [-0.05, 0) is 54.8 Å². The first-order valence-corrected chi connectivity index (χ1v) is 11.0. The van der Waals surface area contributed by atoms with Crippen molar-refractivity contribution in [3.8, 4) is 22.6 Å². The number of pyridine rings is 1. The van der Waals surface area contributed by atoms with E-state index in [-0.39, 0.29) is 6.04 Å². The van der Waals surface area contributed by atoms with Crippen molar-refractivity contribution in [2.75, 3.05) is 39.8 Å². The standard InChI is InChI=1S/C25H31N5O2/c1-29(2)25-27-16-20(19-10-12-26-13-11-19)24(28-25)21-7-5-6-14-30(21)17-18-8-9-22(31-3)23(15-18)32-4/h8-13,15-16,21H,5-7,14,17H2,1-4H3/t21-/m0/s1. The highest BCUT2D eigenvalue weighted by molar-refractivity contribution is 5.66. The number of likely N-dealkylation sites (tertiary alicyclic amines) is 1. The van der Waals surface area contributed by atoms with E-state index in [1.807, 2.05) is 55.8 Å². The third-order valence-electron chi connectivity index (χ3n) is 5.96. The van der Waals surface area contributed by atoms with Gasteiger partial charge in [0.1, 0.15) is 0 Å². The minimum Gasteiger partial charge on any atom is -0.493 e. The van der Waals surface area contributed by atoms with Crippen LogP contribution in [-0.2, 0) is 6.54 Å². The molecule has 3 aromatic rings. The van der Waals surface area contributed by atoms with Crippen LogP contribution in [0.5, 0.6) is 11.5 Å². The zero-order valence-corrected chi connectivity index (χ0v) is 19.3. The summed E-state index contributed by atoms with van der Waals surface area (Å²) in [5.74, 6) is 2.24. The molecular formula is C25H31N5O2. The molecule has 0 bridgehead atoms. The number of anilines is 1. The Morgan fingerprint density at radius 2 is 1.81 bits per heavy atom. The number of hydrogen-bond donors (Lipinski definition) is 0. The van der Waals surface area contributed by atoms with E-state index < -0.39 is 0 Å². The minimum atomic E-state index is 0.210. The minimum absolute atomic E-state index is 0.210. The van der Waals surface area contributed by atoms with Crippen molar-refractivity contribution in [2.24, 2.45) is 0 Å². The topological polar surface area (TPSA) is 63.6 Å². The first-order valence-electron chi connectivity index (χ1n) is 11.0. The van der Waals surface area contributed by atoms with Crippen LogP contribution in [0.25, 0.3) is 11.1 Å². The molecule has 0 radical (unpaired) electrons. The molecule has 1 aliphatic rings. The second kappa shape index (κ2) is 9.96. The maximum absolute atomic E-state index is 5.52. The largest absolute Gasteiger partial charge is 0.493 e. The second-order valence-corrected chi connectivity index (χ2v) is 8.27. The lowest BCUT2D eigenvalue weighted by Crippen LogP contribution is -2.34. The molecule has 4 rings (SSSR count). The summed E-state index contributed by atoms with van der Waals surface area (Å²) in [6.07, 6.45) is 9.03. The first-order chi connectivity index (χ1) is 15.6. The van der Waals surface area contributed by atoms with Gasteiger partial charge in [0.2, 0.25) is 5.95 Å². The zero-order valence-electron chi connectivity index (χ0n) is 19.3. The Bertz CT molecular complexity index is 1040. The van der Waals surface area contributed by atoms with Gasteiger partial charge in [-0.25, -0.2) is 9.97 Å². The molecule has 0 N–H and O–H groups in total. The number of ether oxygens (including phenoxy) is 2. The van der Waals surface area contributed by atoms with Gasteiger partial charge in [-0.2, -0.15) is 0 Å². The molecule has 0 spiro atoms. The van der Waals surface area contributed by atoms with E-state index in [0.717, 1.165) is 53.8 Å². The van der Waals surface area contributed by atoms with Crippen molar-refractivity contribution in [1.29, 1.82) is 0 Å². The normalized spacial score (nSPS) is 16.6. The molecule has 2 aromatic heterocycles. The van der Waals surface area contributed by atoms with Crippen LogP contribution in [0.2, 0.25) is 0 Å². The van der Waals surface area contributed by atoms with Crippen molar-refractivity contribution in [3.63, 3.8) is 0 Å². The van der Waals surface area contributed by atoms with Crippen LogP contribution in [0, 0.1) is 0 Å². The van der Waals surface area contributed by atoms with Gasteiger partial charge < -0.3 is 14.4 Å². The molecule has 0 amide bonds. The molecule has 0 aliphatic carbocycles. The Labute approximate surface area is 190 Å². The predicted octanol–water partition coefficient (Wildman–Crippen LogP) is 4.35. The summed E-state index contributed by atoms with van der Waals surface area (Å²) < 4.78 is 10.9. The van der Waals surface area contributed by atoms with Crippen LogP contribution in [0.1, 0.15) is 36.6 Å². The number of hydrogen-bond acceptors (Lipinski definition) is 7. The fourth-order valence-corrected chi connectivity index (χ4v) is 4.31. The average molecular weight is 434 g/mol. The molecule has 0 unspecified atom stereocenters. The van der Waals surface area contributed by atoms with E-state index in [1.54, 1.807) is 14.2 Å². The first kappa shape index (κ1) is 22.0. The Balaban J connectivity index is 1.71. The van der Waals surface area contributed by atoms with Gasteiger partial charge >= 0.3 is 0 Å². The van der Waals surface area contributed by atoms with Crippen molar-refractivity contribution in [3.05, 3.63) is 60.2 Å². The predicted molar refractivity (Wildman–Crippen MR) is 126 cm³/mol. The maximum Gasteiger partial charge on any atom is 0.225 e. The fraction of sp³-hybridized carbons (Fsp3) is 0.400. The molecule has 1 aliphatic heterocycles. The van der Waals surface area contributed by atoms with Crippen molar-refractivity contribution < 1.29 is 9.47 Å². The van der Waals surface area contributed by atoms with E-state index in [4.69, 9.17) is 14.5 Å². The van der Waals surface area contributed by atoms with Crippen LogP contribution in [0.15, 0.2) is 48.9 Å². The highest BCUT2D eigenvalue weighted by Gasteiger charge is 2.28. The highest BCUT2D eigenvalue weighted by Crippen LogP contribution is 2.37. The monoisotopic (exact) mass is 433 g/mol. The van der Waals surface area contributed by atoms with E-state index in [1.165, 1.54) is 18.4 Å². The number of rotatable bonds is 7. The van der Waals surface area contributed by atoms with Crippen LogP contribution >= 0.6 is 0 Å². The molecule has 0 saturated carbocycles. The molecular weight excluding hydrogens is 402 g/mol. The summed E-state index contributed by atoms with van der Waals surface area (Å²) in [6.45, 7) is 1.85. The number of methoxy groups -OCH3 is 2. The molecule has 1 atom stereocenters. The van der Waals surface area contributed by atoms with Crippen LogP contribution < -0.4 is 14.4 Å². The van der Waals surface area contributed by atoms with Gasteiger partial charge in [0, 0.05) is 44.8 Å². The van der Waals surface area contributed by atoms with Crippen LogP contribution in [0.3, 0.4) is 0 Å². The third-order valence-corrected chi connectivity index (χ3v) is 5.96. The average Bonchev–Trinajstić information content (AvgIpc) is 2.84. The van der Waals surface area contributed by atoms with Gasteiger partial charge in [-0.3, -0.25) is 9.88 Å². The van der Waals surface area contributed by atoms with E-state index in [0.29, 0.717) is 0 Å². The number of benzene rings is 1. The lowest BCUT2D eigenvalue weighted by Gasteiger charge is -2.36. The van der Waals surface area contributed by atoms with Gasteiger partial charge in [-0.1, -0.05) is 12.5 Å². The van der Waals surface area contributed by atoms with E-state index >= 15 is 0 Å². The van der Waals surface area contributed by atoms with Gasteiger partial charge in [0.15, 0.2) is 11.5 Å². The molecule has 3 heterocycles. The summed E-state index contributed by atoms with van der Waals surface area (Å²) in [6, 6.07) is 10.4. The molecule has 1 fully saturated rings. The summed E-state index contributed by atoms with van der Waals surface area (Å²) >= 11 is 0. The Morgan fingerprint density at radius 1 is 1.03 bits per heavy atom. The smallest absolute Gasteiger partial charge is 0.225 e. The van der Waals surface area contributed by atoms with Crippen molar-refractivity contribution in [2.45, 2.75) is 31.8 Å². The molecule has 1 saturated heterocycles. The Kier molecular flexibility index (Phi) is 6.85. The zero-order chi connectivity index (χ0) is 22.5. The SMILES string of the molecule is COc1ccc(CN2CCCC[C@H]2c2nc(N(C)C)ncc2-c2ccncc2)cc1OC. The molecule has 1 aromatic carbocycles. The molecule has 32 heavy (non-hydrogen) atoms. The number of nitrogens with zero attached hydrogens (tertiary/aromatic N) is 5. The van der Waals surface area contributed by atoms with Gasteiger partial charge in [-0.15, -0.1) is 0 Å². The fourth-order valence-electron chi connectivity index (χ4n) is 4.31. The maximum atomic E-state index is 5.52. The summed E-state index contributed by atoms with van der Waals surface area (Å²) in [5.41, 5.74) is 4.44. The Morgan fingerprint density at radius 3 is 2.53 bits per heavy atom. The number of aromatic nitrogens is 3. The highest BCUT2D eigenvalue weighted by atomic mass is 16.5. The summed E-state index contributed by atoms with van der Waals surface area (Å²) in [4.78, 5) is 18.3. The van der Waals surface area contributed by atoms with Crippen molar-refractivity contribution >= 4 is 5.95 Å². The molecule has 7 heteroatoms. The summed E-state index contributed by atoms with van der Waals surface area (Å²) in [5, 5.41) is 0.